The maximum atomic E-state index is 13.1. The molecule has 3 rings (SSSR count). The van der Waals surface area contributed by atoms with Gasteiger partial charge in [-0.3, -0.25) is 9.10 Å². The molecule has 4 nitrogen and oxygen atoms in total. The lowest BCUT2D eigenvalue weighted by Crippen LogP contribution is -2.31. The van der Waals surface area contributed by atoms with Gasteiger partial charge in [0.15, 0.2) is 5.78 Å². The number of anilines is 1. The number of carbonyl (C=O) groups excluding carboxylic acids is 1. The first kappa shape index (κ1) is 16.7. The largest absolute Gasteiger partial charge is 0.294 e. The van der Waals surface area contributed by atoms with Crippen molar-refractivity contribution in [3.8, 4) is 0 Å². The van der Waals surface area contributed by atoms with Crippen molar-refractivity contribution in [1.29, 1.82) is 0 Å². The molecule has 0 aromatic heterocycles. The number of hydrogen-bond donors (Lipinski definition) is 0. The number of hydrogen-bond acceptors (Lipinski definition) is 3. The van der Waals surface area contributed by atoms with Crippen LogP contribution in [0.25, 0.3) is 0 Å². The van der Waals surface area contributed by atoms with Crippen LogP contribution in [-0.4, -0.2) is 20.7 Å². The van der Waals surface area contributed by atoms with Gasteiger partial charge in [0.2, 0.25) is 0 Å². The standard InChI is InChI=1S/C19H21NO3S/c1-3-20(18-9-5-4-7-14(18)2)24(22,23)16-11-12-17-15(13-16)8-6-10-19(17)21/h4-5,7,9,11-13H,3,6,8,10H2,1-2H3. The number of rotatable bonds is 4. The van der Waals surface area contributed by atoms with Crippen molar-refractivity contribution in [3.05, 3.63) is 59.2 Å². The van der Waals surface area contributed by atoms with Gasteiger partial charge in [-0.05, 0) is 62.1 Å². The summed E-state index contributed by atoms with van der Waals surface area (Å²) < 4.78 is 27.7. The molecule has 2 aromatic carbocycles. The van der Waals surface area contributed by atoms with Crippen LogP contribution in [0.5, 0.6) is 0 Å². The average molecular weight is 343 g/mol. The minimum atomic E-state index is -3.66. The predicted molar refractivity (Wildman–Crippen MR) is 95.1 cm³/mol. The zero-order chi connectivity index (χ0) is 17.3. The Hall–Kier alpha value is -2.14. The lowest BCUT2D eigenvalue weighted by Gasteiger charge is -2.25. The molecule has 1 aliphatic rings. The number of benzene rings is 2. The van der Waals surface area contributed by atoms with Gasteiger partial charge in [-0.25, -0.2) is 8.42 Å². The molecule has 1 aliphatic carbocycles. The molecule has 0 amide bonds. The second-order valence-electron chi connectivity index (χ2n) is 6.05. The summed E-state index contributed by atoms with van der Waals surface area (Å²) in [7, 11) is -3.66. The quantitative estimate of drug-likeness (QED) is 0.850. The minimum absolute atomic E-state index is 0.103. The molecule has 0 unspecified atom stereocenters. The monoisotopic (exact) mass is 343 g/mol. The normalized spacial score (nSPS) is 14.3. The van der Waals surface area contributed by atoms with Gasteiger partial charge in [-0.1, -0.05) is 18.2 Å². The molecule has 0 aliphatic heterocycles. The Morgan fingerprint density at radius 3 is 2.54 bits per heavy atom. The molecule has 0 heterocycles. The van der Waals surface area contributed by atoms with Crippen molar-refractivity contribution in [2.75, 3.05) is 10.8 Å². The van der Waals surface area contributed by atoms with Crippen molar-refractivity contribution in [3.63, 3.8) is 0 Å². The molecular weight excluding hydrogens is 322 g/mol. The zero-order valence-corrected chi connectivity index (χ0v) is 14.8. The molecule has 0 radical (unpaired) electrons. The van der Waals surface area contributed by atoms with Crippen molar-refractivity contribution in [2.45, 2.75) is 38.0 Å². The highest BCUT2D eigenvalue weighted by Gasteiger charge is 2.27. The average Bonchev–Trinajstić information content (AvgIpc) is 2.57. The van der Waals surface area contributed by atoms with Crippen LogP contribution >= 0.6 is 0 Å². The van der Waals surface area contributed by atoms with E-state index >= 15 is 0 Å². The smallest absolute Gasteiger partial charge is 0.264 e. The van der Waals surface area contributed by atoms with E-state index < -0.39 is 10.0 Å². The number of fused-ring (bicyclic) bond motifs is 1. The number of carbonyl (C=O) groups is 1. The first-order chi connectivity index (χ1) is 11.4. The van der Waals surface area contributed by atoms with Gasteiger partial charge in [0, 0.05) is 18.5 Å². The maximum absolute atomic E-state index is 13.1. The predicted octanol–water partition coefficient (Wildman–Crippen LogP) is 3.73. The maximum Gasteiger partial charge on any atom is 0.264 e. The van der Waals surface area contributed by atoms with Crippen LogP contribution in [0.1, 0.15) is 41.3 Å². The molecule has 24 heavy (non-hydrogen) atoms. The van der Waals surface area contributed by atoms with Gasteiger partial charge >= 0.3 is 0 Å². The number of aryl methyl sites for hydroxylation is 2. The van der Waals surface area contributed by atoms with Crippen LogP contribution in [0.2, 0.25) is 0 Å². The number of nitrogens with zero attached hydrogens (tertiary/aromatic N) is 1. The Bertz CT molecular complexity index is 887. The third kappa shape index (κ3) is 2.84. The Balaban J connectivity index is 2.07. The van der Waals surface area contributed by atoms with Gasteiger partial charge in [0.25, 0.3) is 10.0 Å². The Kier molecular flexibility index (Phi) is 4.45. The third-order valence-corrected chi connectivity index (χ3v) is 6.37. The van der Waals surface area contributed by atoms with E-state index in [2.05, 4.69) is 0 Å². The number of para-hydroxylation sites is 1. The fourth-order valence-corrected chi connectivity index (χ4v) is 4.81. The fourth-order valence-electron chi connectivity index (χ4n) is 3.22. The van der Waals surface area contributed by atoms with Gasteiger partial charge in [-0.15, -0.1) is 0 Å². The van der Waals surface area contributed by atoms with Crippen LogP contribution in [0.4, 0.5) is 5.69 Å². The van der Waals surface area contributed by atoms with Crippen molar-refractivity contribution >= 4 is 21.5 Å². The summed E-state index contributed by atoms with van der Waals surface area (Å²) in [4.78, 5) is 12.2. The number of ketones is 1. The molecule has 0 N–H and O–H groups in total. The van der Waals surface area contributed by atoms with E-state index in [9.17, 15) is 13.2 Å². The third-order valence-electron chi connectivity index (χ3n) is 4.49. The molecule has 0 saturated heterocycles. The molecule has 0 spiro atoms. The summed E-state index contributed by atoms with van der Waals surface area (Å²) >= 11 is 0. The van der Waals surface area contributed by atoms with Crippen LogP contribution in [0.15, 0.2) is 47.4 Å². The Morgan fingerprint density at radius 1 is 1.08 bits per heavy atom. The van der Waals surface area contributed by atoms with Crippen molar-refractivity contribution in [1.82, 2.24) is 0 Å². The summed E-state index contributed by atoms with van der Waals surface area (Å²) in [6.45, 7) is 4.08. The zero-order valence-electron chi connectivity index (χ0n) is 14.0. The second kappa shape index (κ2) is 6.40. The van der Waals surface area contributed by atoms with E-state index in [-0.39, 0.29) is 10.7 Å². The second-order valence-corrected chi connectivity index (χ2v) is 7.91. The van der Waals surface area contributed by atoms with E-state index in [0.29, 0.717) is 24.2 Å². The van der Waals surface area contributed by atoms with Crippen LogP contribution < -0.4 is 4.31 Å². The van der Waals surface area contributed by atoms with Crippen molar-refractivity contribution in [2.24, 2.45) is 0 Å². The van der Waals surface area contributed by atoms with E-state index in [4.69, 9.17) is 0 Å². The molecule has 0 fully saturated rings. The number of Topliss-reactive ketones (excluding diaryl/α,β-unsaturated/α-hetero) is 1. The van der Waals surface area contributed by atoms with Gasteiger partial charge in [-0.2, -0.15) is 0 Å². The summed E-state index contributed by atoms with van der Waals surface area (Å²) in [6.07, 6.45) is 2.08. The van der Waals surface area contributed by atoms with Crippen LogP contribution in [-0.2, 0) is 16.4 Å². The summed E-state index contributed by atoms with van der Waals surface area (Å²) in [5.41, 5.74) is 3.11. The number of sulfonamides is 1. The highest BCUT2D eigenvalue weighted by Crippen LogP contribution is 2.29. The minimum Gasteiger partial charge on any atom is -0.294 e. The lowest BCUT2D eigenvalue weighted by atomic mass is 9.91. The first-order valence-electron chi connectivity index (χ1n) is 8.19. The molecule has 0 atom stereocenters. The molecule has 126 valence electrons. The highest BCUT2D eigenvalue weighted by atomic mass is 32.2. The first-order valence-corrected chi connectivity index (χ1v) is 9.63. The van der Waals surface area contributed by atoms with E-state index in [1.807, 2.05) is 38.1 Å². The van der Waals surface area contributed by atoms with Gasteiger partial charge in [0.1, 0.15) is 0 Å². The molecule has 2 aromatic rings. The molecule has 0 bridgehead atoms. The van der Waals surface area contributed by atoms with Gasteiger partial charge < -0.3 is 0 Å². The molecule has 0 saturated carbocycles. The highest BCUT2D eigenvalue weighted by molar-refractivity contribution is 7.92. The van der Waals surface area contributed by atoms with Crippen LogP contribution in [0, 0.1) is 6.92 Å². The van der Waals surface area contributed by atoms with E-state index in [1.54, 1.807) is 18.2 Å². The SMILES string of the molecule is CCN(c1ccccc1C)S(=O)(=O)c1ccc2c(c1)CCCC2=O. The fraction of sp³-hybridized carbons (Fsp3) is 0.316. The van der Waals surface area contributed by atoms with E-state index in [0.717, 1.165) is 24.0 Å². The topological polar surface area (TPSA) is 54.5 Å². The Labute approximate surface area is 143 Å². The molecular formula is C19H21NO3S. The lowest BCUT2D eigenvalue weighted by molar-refractivity contribution is 0.0972. The molecule has 5 heteroatoms. The van der Waals surface area contributed by atoms with Crippen molar-refractivity contribution < 1.29 is 13.2 Å². The van der Waals surface area contributed by atoms with Crippen LogP contribution in [0.3, 0.4) is 0 Å². The summed E-state index contributed by atoms with van der Waals surface area (Å²) in [6, 6.07) is 12.3. The summed E-state index contributed by atoms with van der Waals surface area (Å²) in [5.74, 6) is 0.103. The van der Waals surface area contributed by atoms with Gasteiger partial charge in [0.05, 0.1) is 10.6 Å². The van der Waals surface area contributed by atoms with E-state index in [1.165, 1.54) is 4.31 Å². The summed E-state index contributed by atoms with van der Waals surface area (Å²) in [5, 5.41) is 0. The Morgan fingerprint density at radius 2 is 1.83 bits per heavy atom.